The fourth-order valence-electron chi connectivity index (χ4n) is 3.41. The van der Waals surface area contributed by atoms with E-state index >= 15 is 0 Å². The summed E-state index contributed by atoms with van der Waals surface area (Å²) >= 11 is 0. The Hall–Kier alpha value is -1.26. The molecule has 3 aliphatic rings. The molecule has 1 atom stereocenters. The van der Waals surface area contributed by atoms with E-state index in [2.05, 4.69) is 9.97 Å². The number of anilines is 1. The number of rotatable bonds is 2. The molecule has 0 bridgehead atoms. The first-order valence-electron chi connectivity index (χ1n) is 7.48. The first-order valence-corrected chi connectivity index (χ1v) is 7.48. The lowest BCUT2D eigenvalue weighted by Gasteiger charge is -2.34. The molecular weight excluding hydrogens is 260 g/mol. The quantitative estimate of drug-likeness (QED) is 0.832. The smallest absolute Gasteiger partial charge is 0.256 e. The SMILES string of the molecule is Cc1cc(N2CCCC3(C2)CC3(F)F)nc(C2CC2)n1. The highest BCUT2D eigenvalue weighted by atomic mass is 19.3. The van der Waals surface area contributed by atoms with Crippen LogP contribution in [0, 0.1) is 12.3 Å². The second kappa shape index (κ2) is 3.89. The summed E-state index contributed by atoms with van der Waals surface area (Å²) in [6.45, 7) is 3.24. The monoisotopic (exact) mass is 279 g/mol. The van der Waals surface area contributed by atoms with Crippen molar-refractivity contribution in [2.75, 3.05) is 18.0 Å². The topological polar surface area (TPSA) is 29.0 Å². The highest BCUT2D eigenvalue weighted by Gasteiger charge is 2.71. The van der Waals surface area contributed by atoms with Crippen molar-refractivity contribution in [3.63, 3.8) is 0 Å². The molecule has 4 rings (SSSR count). The summed E-state index contributed by atoms with van der Waals surface area (Å²) in [4.78, 5) is 11.2. The van der Waals surface area contributed by atoms with E-state index in [4.69, 9.17) is 0 Å². The van der Waals surface area contributed by atoms with E-state index < -0.39 is 11.3 Å². The maximum absolute atomic E-state index is 13.6. The maximum atomic E-state index is 13.6. The van der Waals surface area contributed by atoms with Crippen LogP contribution in [0.1, 0.15) is 49.5 Å². The summed E-state index contributed by atoms with van der Waals surface area (Å²) < 4.78 is 27.2. The van der Waals surface area contributed by atoms with E-state index in [0.29, 0.717) is 18.9 Å². The molecular formula is C15H19F2N3. The molecule has 0 N–H and O–H groups in total. The molecule has 20 heavy (non-hydrogen) atoms. The number of nitrogens with zero attached hydrogens (tertiary/aromatic N) is 3. The molecule has 2 saturated carbocycles. The summed E-state index contributed by atoms with van der Waals surface area (Å²) in [5, 5.41) is 0. The Morgan fingerprint density at radius 1 is 1.30 bits per heavy atom. The van der Waals surface area contributed by atoms with Crippen LogP contribution in [0.25, 0.3) is 0 Å². The Kier molecular flexibility index (Phi) is 2.43. The predicted molar refractivity (Wildman–Crippen MR) is 72.2 cm³/mol. The van der Waals surface area contributed by atoms with Crippen LogP contribution in [0.3, 0.4) is 0 Å². The molecule has 3 fully saturated rings. The molecule has 1 spiro atoms. The van der Waals surface area contributed by atoms with Gasteiger partial charge in [0.1, 0.15) is 11.6 Å². The van der Waals surface area contributed by atoms with Crippen LogP contribution in [0.4, 0.5) is 14.6 Å². The Bertz CT molecular complexity index is 556. The number of aromatic nitrogens is 2. The van der Waals surface area contributed by atoms with Crippen LogP contribution in [0.15, 0.2) is 6.07 Å². The van der Waals surface area contributed by atoms with Gasteiger partial charge in [-0.2, -0.15) is 0 Å². The highest BCUT2D eigenvalue weighted by Crippen LogP contribution is 2.64. The minimum Gasteiger partial charge on any atom is -0.356 e. The molecule has 3 nitrogen and oxygen atoms in total. The molecule has 0 radical (unpaired) electrons. The van der Waals surface area contributed by atoms with Gasteiger partial charge >= 0.3 is 0 Å². The van der Waals surface area contributed by atoms with E-state index in [9.17, 15) is 8.78 Å². The first-order chi connectivity index (χ1) is 9.49. The predicted octanol–water partition coefficient (Wildman–Crippen LogP) is 3.29. The van der Waals surface area contributed by atoms with Crippen molar-refractivity contribution in [2.24, 2.45) is 5.41 Å². The summed E-state index contributed by atoms with van der Waals surface area (Å²) in [5.74, 6) is -0.217. The van der Waals surface area contributed by atoms with Crippen LogP contribution >= 0.6 is 0 Å². The van der Waals surface area contributed by atoms with Crippen LogP contribution < -0.4 is 4.90 Å². The minimum atomic E-state index is -2.47. The lowest BCUT2D eigenvalue weighted by Crippen LogP contribution is -2.39. The van der Waals surface area contributed by atoms with Crippen LogP contribution in [-0.2, 0) is 0 Å². The second-order valence-corrected chi connectivity index (χ2v) is 6.69. The van der Waals surface area contributed by atoms with Crippen molar-refractivity contribution in [1.82, 2.24) is 9.97 Å². The summed E-state index contributed by atoms with van der Waals surface area (Å²) in [7, 11) is 0. The van der Waals surface area contributed by atoms with Crippen molar-refractivity contribution in [1.29, 1.82) is 0 Å². The molecule has 2 heterocycles. The van der Waals surface area contributed by atoms with Gasteiger partial charge in [0.25, 0.3) is 5.92 Å². The average molecular weight is 279 g/mol. The molecule has 108 valence electrons. The number of halogens is 2. The number of aryl methyl sites for hydroxylation is 1. The van der Waals surface area contributed by atoms with Gasteiger partial charge in [-0.3, -0.25) is 0 Å². The van der Waals surface area contributed by atoms with Crippen molar-refractivity contribution in [2.45, 2.75) is 50.9 Å². The van der Waals surface area contributed by atoms with E-state index in [-0.39, 0.29) is 6.42 Å². The second-order valence-electron chi connectivity index (χ2n) is 6.69. The number of hydrogen-bond donors (Lipinski definition) is 0. The third-order valence-corrected chi connectivity index (χ3v) is 4.91. The summed E-state index contributed by atoms with van der Waals surface area (Å²) in [6.07, 6.45) is 3.85. The molecule has 1 aromatic rings. The lowest BCUT2D eigenvalue weighted by molar-refractivity contribution is 0.0575. The first kappa shape index (κ1) is 12.5. The van der Waals surface area contributed by atoms with Crippen LogP contribution in [0.2, 0.25) is 0 Å². The van der Waals surface area contributed by atoms with Crippen molar-refractivity contribution >= 4 is 5.82 Å². The highest BCUT2D eigenvalue weighted by molar-refractivity contribution is 5.43. The van der Waals surface area contributed by atoms with Gasteiger partial charge in [-0.05, 0) is 32.6 Å². The number of hydrogen-bond acceptors (Lipinski definition) is 3. The Balaban J connectivity index is 1.61. The minimum absolute atomic E-state index is 0.0516. The van der Waals surface area contributed by atoms with E-state index in [1.165, 1.54) is 0 Å². The Morgan fingerprint density at radius 3 is 2.70 bits per heavy atom. The van der Waals surface area contributed by atoms with Gasteiger partial charge < -0.3 is 4.90 Å². The van der Waals surface area contributed by atoms with Gasteiger partial charge in [0.2, 0.25) is 0 Å². The molecule has 5 heteroatoms. The third-order valence-electron chi connectivity index (χ3n) is 4.91. The largest absolute Gasteiger partial charge is 0.356 e. The van der Waals surface area contributed by atoms with Gasteiger partial charge in [0.15, 0.2) is 0 Å². The third kappa shape index (κ3) is 1.90. The van der Waals surface area contributed by atoms with Gasteiger partial charge in [-0.15, -0.1) is 0 Å². The Morgan fingerprint density at radius 2 is 2.05 bits per heavy atom. The molecule has 1 saturated heterocycles. The van der Waals surface area contributed by atoms with Gasteiger partial charge in [-0.1, -0.05) is 0 Å². The van der Waals surface area contributed by atoms with Crippen molar-refractivity contribution < 1.29 is 8.78 Å². The lowest BCUT2D eigenvalue weighted by atomic mass is 9.94. The van der Waals surface area contributed by atoms with E-state index in [0.717, 1.165) is 43.1 Å². The molecule has 2 aliphatic carbocycles. The zero-order valence-electron chi connectivity index (χ0n) is 11.7. The van der Waals surface area contributed by atoms with E-state index in [1.54, 1.807) is 0 Å². The fraction of sp³-hybridized carbons (Fsp3) is 0.733. The molecule has 1 aliphatic heterocycles. The van der Waals surface area contributed by atoms with Gasteiger partial charge in [0.05, 0.1) is 5.41 Å². The Labute approximate surface area is 117 Å². The van der Waals surface area contributed by atoms with Crippen molar-refractivity contribution in [3.8, 4) is 0 Å². The van der Waals surface area contributed by atoms with Crippen LogP contribution in [0.5, 0.6) is 0 Å². The number of piperidine rings is 1. The van der Waals surface area contributed by atoms with E-state index in [1.807, 2.05) is 17.9 Å². The summed E-state index contributed by atoms with van der Waals surface area (Å²) in [5.41, 5.74) is 0.170. The van der Waals surface area contributed by atoms with Crippen molar-refractivity contribution in [3.05, 3.63) is 17.6 Å². The van der Waals surface area contributed by atoms with Gasteiger partial charge in [-0.25, -0.2) is 18.7 Å². The molecule has 1 unspecified atom stereocenters. The molecule has 0 aromatic carbocycles. The zero-order chi connectivity index (χ0) is 14.0. The number of alkyl halides is 2. The van der Waals surface area contributed by atoms with Crippen LogP contribution in [-0.4, -0.2) is 29.0 Å². The average Bonchev–Trinajstić information content (AvgIpc) is 3.28. The molecule has 1 aromatic heterocycles. The summed E-state index contributed by atoms with van der Waals surface area (Å²) in [6, 6.07) is 1.94. The fourth-order valence-corrected chi connectivity index (χ4v) is 3.41. The normalized spacial score (nSPS) is 31.6. The van der Waals surface area contributed by atoms with Gasteiger partial charge in [0, 0.05) is 37.2 Å². The maximum Gasteiger partial charge on any atom is 0.256 e. The zero-order valence-corrected chi connectivity index (χ0v) is 11.7. The standard InChI is InChI=1S/C15H19F2N3/c1-10-7-12(19-13(18-10)11-3-4-11)20-6-2-5-14(9-20)8-15(14,16)17/h7,11H,2-6,8-9H2,1H3. The molecule has 0 amide bonds.